The van der Waals surface area contributed by atoms with Crippen molar-refractivity contribution in [3.05, 3.63) is 100 Å². The Hall–Kier alpha value is -4.86. The minimum Gasteiger partial charge on any atom is -0.366 e. The topological polar surface area (TPSA) is 146 Å². The van der Waals surface area contributed by atoms with E-state index in [1.165, 1.54) is 22.9 Å². The minimum absolute atomic E-state index is 0.0133. The lowest BCUT2D eigenvalue weighted by Crippen LogP contribution is -2.14. The number of aromatic nitrogens is 3. The Morgan fingerprint density at radius 3 is 2.22 bits per heavy atom. The predicted octanol–water partition coefficient (Wildman–Crippen LogP) is 3.19. The second kappa shape index (κ2) is 8.48. The molecule has 0 aliphatic rings. The Labute approximate surface area is 181 Å². The Morgan fingerprint density at radius 1 is 0.938 bits per heavy atom. The van der Waals surface area contributed by atoms with Gasteiger partial charge in [-0.3, -0.25) is 25.0 Å². The van der Waals surface area contributed by atoms with E-state index < -0.39 is 16.7 Å². The molecule has 3 N–H and O–H groups in total. The molecule has 3 aromatic carbocycles. The first-order valence-corrected chi connectivity index (χ1v) is 9.42. The Kier molecular flexibility index (Phi) is 5.41. The van der Waals surface area contributed by atoms with Crippen LogP contribution in [0.2, 0.25) is 0 Å². The number of nitrogens with two attached hydrogens (primary N) is 1. The molecule has 0 fully saturated rings. The largest absolute Gasteiger partial charge is 0.366 e. The minimum atomic E-state index is -0.860. The van der Waals surface area contributed by atoms with Crippen LogP contribution in [0.4, 0.5) is 11.6 Å². The van der Waals surface area contributed by atoms with Crippen LogP contribution in [0.1, 0.15) is 20.7 Å². The van der Waals surface area contributed by atoms with E-state index in [0.29, 0.717) is 11.3 Å². The number of rotatable bonds is 6. The summed E-state index contributed by atoms with van der Waals surface area (Å²) >= 11 is 0. The maximum absolute atomic E-state index is 12.6. The van der Waals surface area contributed by atoms with Crippen LogP contribution in [0.15, 0.2) is 78.9 Å². The summed E-state index contributed by atoms with van der Waals surface area (Å²) in [5.74, 6) is -1.42. The summed E-state index contributed by atoms with van der Waals surface area (Å²) in [6.07, 6.45) is 0. The number of nitrogens with one attached hydrogen (secondary N) is 1. The number of anilines is 1. The van der Waals surface area contributed by atoms with Crippen molar-refractivity contribution in [2.75, 3.05) is 5.32 Å². The third kappa shape index (κ3) is 3.92. The third-order valence-corrected chi connectivity index (χ3v) is 4.60. The van der Waals surface area contributed by atoms with Crippen LogP contribution in [-0.2, 0) is 0 Å². The number of nitrogens with zero attached hydrogens (tertiary/aromatic N) is 4. The van der Waals surface area contributed by atoms with Crippen LogP contribution in [0.25, 0.3) is 17.1 Å². The molecule has 0 saturated carbocycles. The van der Waals surface area contributed by atoms with Gasteiger partial charge in [0.1, 0.15) is 5.56 Å². The molecule has 1 aromatic heterocycles. The molecule has 0 radical (unpaired) electrons. The molecule has 0 aliphatic heterocycles. The smallest absolute Gasteiger partial charge is 0.281 e. The third-order valence-electron chi connectivity index (χ3n) is 4.60. The zero-order valence-electron chi connectivity index (χ0n) is 16.5. The Bertz CT molecular complexity index is 1290. The van der Waals surface area contributed by atoms with Crippen molar-refractivity contribution in [1.29, 1.82) is 0 Å². The molecule has 0 bridgehead atoms. The van der Waals surface area contributed by atoms with Crippen molar-refractivity contribution in [2.24, 2.45) is 5.73 Å². The summed E-state index contributed by atoms with van der Waals surface area (Å²) in [5, 5.41) is 18.6. The molecule has 4 rings (SSSR count). The van der Waals surface area contributed by atoms with Gasteiger partial charge >= 0.3 is 0 Å². The highest BCUT2D eigenvalue weighted by Crippen LogP contribution is 2.34. The van der Waals surface area contributed by atoms with Gasteiger partial charge in [-0.15, -0.1) is 5.10 Å². The number of benzene rings is 3. The number of amides is 2. The van der Waals surface area contributed by atoms with Crippen LogP contribution >= 0.6 is 0 Å². The zero-order valence-corrected chi connectivity index (χ0v) is 16.5. The maximum Gasteiger partial charge on any atom is 0.281 e. The molecule has 0 unspecified atom stereocenters. The van der Waals surface area contributed by atoms with Gasteiger partial charge in [0.15, 0.2) is 5.82 Å². The van der Waals surface area contributed by atoms with Crippen LogP contribution in [0.5, 0.6) is 0 Å². The van der Waals surface area contributed by atoms with Crippen LogP contribution in [0.3, 0.4) is 0 Å². The Morgan fingerprint density at radius 2 is 1.59 bits per heavy atom. The number of carbonyl (C=O) groups is 2. The second-order valence-corrected chi connectivity index (χ2v) is 6.65. The predicted molar refractivity (Wildman–Crippen MR) is 116 cm³/mol. The summed E-state index contributed by atoms with van der Waals surface area (Å²) in [7, 11) is 0. The van der Waals surface area contributed by atoms with Gasteiger partial charge in [-0.25, -0.2) is 4.68 Å². The molecule has 10 heteroatoms. The van der Waals surface area contributed by atoms with Gasteiger partial charge in [0.2, 0.25) is 11.9 Å². The van der Waals surface area contributed by atoms with Crippen LogP contribution < -0.4 is 11.1 Å². The lowest BCUT2D eigenvalue weighted by molar-refractivity contribution is -0.384. The summed E-state index contributed by atoms with van der Waals surface area (Å²) in [4.78, 5) is 40.0. The fourth-order valence-corrected chi connectivity index (χ4v) is 3.17. The number of carbonyl (C=O) groups excluding carboxylic acids is 2. The molecular weight excluding hydrogens is 412 g/mol. The number of para-hydroxylation sites is 1. The SMILES string of the molecule is NC(=O)c1cccc([N+](=O)[O-])c1-c1nc(NC(=O)c2ccccc2)nn1-c1ccccc1. The summed E-state index contributed by atoms with van der Waals surface area (Å²) in [5.41, 5.74) is 5.83. The van der Waals surface area contributed by atoms with Gasteiger partial charge < -0.3 is 5.73 Å². The second-order valence-electron chi connectivity index (χ2n) is 6.65. The van der Waals surface area contributed by atoms with E-state index in [0.717, 1.165) is 0 Å². The summed E-state index contributed by atoms with van der Waals surface area (Å²) < 4.78 is 1.31. The molecule has 1 heterocycles. The lowest BCUT2D eigenvalue weighted by atomic mass is 10.0. The molecule has 4 aromatic rings. The van der Waals surface area contributed by atoms with E-state index in [2.05, 4.69) is 15.4 Å². The lowest BCUT2D eigenvalue weighted by Gasteiger charge is -2.09. The summed E-state index contributed by atoms with van der Waals surface area (Å²) in [6, 6.07) is 21.1. The van der Waals surface area contributed by atoms with Crippen molar-refractivity contribution < 1.29 is 14.5 Å². The molecule has 10 nitrogen and oxygen atoms in total. The van der Waals surface area contributed by atoms with Gasteiger partial charge in [-0.05, 0) is 30.3 Å². The average Bonchev–Trinajstić information content (AvgIpc) is 3.23. The molecule has 0 saturated heterocycles. The maximum atomic E-state index is 12.6. The van der Waals surface area contributed by atoms with Crippen LogP contribution in [0, 0.1) is 10.1 Å². The van der Waals surface area contributed by atoms with E-state index in [4.69, 9.17) is 5.73 Å². The summed E-state index contributed by atoms with van der Waals surface area (Å²) in [6.45, 7) is 0. The van der Waals surface area contributed by atoms with Crippen LogP contribution in [-0.4, -0.2) is 31.5 Å². The molecule has 0 spiro atoms. The van der Waals surface area contributed by atoms with Gasteiger partial charge in [-0.2, -0.15) is 4.98 Å². The number of nitro groups is 1. The Balaban J connectivity index is 1.90. The first-order chi connectivity index (χ1) is 15.5. The van der Waals surface area contributed by atoms with E-state index in [-0.39, 0.29) is 28.6 Å². The monoisotopic (exact) mass is 428 g/mol. The van der Waals surface area contributed by atoms with Crippen molar-refractivity contribution in [3.8, 4) is 17.1 Å². The highest BCUT2D eigenvalue weighted by molar-refractivity contribution is 6.04. The molecule has 2 amide bonds. The zero-order chi connectivity index (χ0) is 22.7. The highest BCUT2D eigenvalue weighted by Gasteiger charge is 2.28. The first-order valence-electron chi connectivity index (χ1n) is 9.42. The van der Waals surface area contributed by atoms with E-state index in [1.54, 1.807) is 60.7 Å². The van der Waals surface area contributed by atoms with Crippen molar-refractivity contribution >= 4 is 23.5 Å². The number of primary amides is 1. The number of hydrogen-bond donors (Lipinski definition) is 2. The van der Waals surface area contributed by atoms with Crippen molar-refractivity contribution in [3.63, 3.8) is 0 Å². The molecule has 0 atom stereocenters. The quantitative estimate of drug-likeness (QED) is 0.356. The van der Waals surface area contributed by atoms with Gasteiger partial charge in [0.25, 0.3) is 11.6 Å². The first kappa shape index (κ1) is 20.4. The van der Waals surface area contributed by atoms with Gasteiger partial charge in [-0.1, -0.05) is 42.5 Å². The van der Waals surface area contributed by atoms with E-state index >= 15 is 0 Å². The van der Waals surface area contributed by atoms with Gasteiger partial charge in [0.05, 0.1) is 16.2 Å². The van der Waals surface area contributed by atoms with E-state index in [1.807, 2.05) is 0 Å². The fraction of sp³-hybridized carbons (Fsp3) is 0. The van der Waals surface area contributed by atoms with Crippen molar-refractivity contribution in [1.82, 2.24) is 14.8 Å². The molecule has 158 valence electrons. The number of nitro benzene ring substituents is 1. The fourth-order valence-electron chi connectivity index (χ4n) is 3.17. The molecular formula is C22H16N6O4. The standard InChI is InChI=1S/C22H16N6O4/c23-19(29)16-12-7-13-17(28(31)32)18(16)20-24-22(25-21(30)14-8-3-1-4-9-14)26-27(20)15-10-5-2-6-11-15/h1-13H,(H2,23,29)(H,25,26,30). The normalized spacial score (nSPS) is 10.5. The van der Waals surface area contributed by atoms with Gasteiger partial charge in [0, 0.05) is 11.6 Å². The van der Waals surface area contributed by atoms with Crippen molar-refractivity contribution in [2.45, 2.75) is 0 Å². The average molecular weight is 428 g/mol. The highest BCUT2D eigenvalue weighted by atomic mass is 16.6. The van der Waals surface area contributed by atoms with E-state index in [9.17, 15) is 19.7 Å². The molecule has 32 heavy (non-hydrogen) atoms. The molecule has 0 aliphatic carbocycles. The number of hydrogen-bond acceptors (Lipinski definition) is 6.